The van der Waals surface area contributed by atoms with Gasteiger partial charge in [0.15, 0.2) is 5.82 Å². The van der Waals surface area contributed by atoms with E-state index in [0.717, 1.165) is 57.6 Å². The number of hydrogen-bond donors (Lipinski definition) is 1. The maximum absolute atomic E-state index is 9.87. The van der Waals surface area contributed by atoms with Gasteiger partial charge in [-0.25, -0.2) is 15.0 Å². The van der Waals surface area contributed by atoms with Gasteiger partial charge in [0.25, 0.3) is 0 Å². The molecule has 0 fully saturated rings. The molecule has 146 valence electrons. The van der Waals surface area contributed by atoms with E-state index in [4.69, 9.17) is 14.5 Å². The van der Waals surface area contributed by atoms with Crippen LogP contribution in [0.2, 0.25) is 0 Å². The first-order chi connectivity index (χ1) is 14.2. The zero-order chi connectivity index (χ0) is 20.0. The highest BCUT2D eigenvalue weighted by Crippen LogP contribution is 2.33. The average Bonchev–Trinajstić information content (AvgIpc) is 3.13. The lowest BCUT2D eigenvalue weighted by molar-refractivity contribution is 0.275. The smallest absolute Gasteiger partial charge is 0.491 e. The highest BCUT2D eigenvalue weighted by molar-refractivity contribution is 6.61. The molecule has 5 rings (SSSR count). The van der Waals surface area contributed by atoms with Crippen LogP contribution >= 0.6 is 0 Å². The summed E-state index contributed by atoms with van der Waals surface area (Å²) in [6.07, 6.45) is 3.40. The number of methoxy groups -OCH3 is 1. The van der Waals surface area contributed by atoms with E-state index in [2.05, 4.69) is 23.0 Å². The second-order valence-electron chi connectivity index (χ2n) is 7.41. The maximum Gasteiger partial charge on any atom is 0.491 e. The molecule has 0 radical (unpaired) electrons. The van der Waals surface area contributed by atoms with Crippen molar-refractivity contribution in [2.45, 2.75) is 32.4 Å². The number of ether oxygens (including phenoxy) is 1. The molecule has 7 nitrogen and oxygen atoms in total. The third-order valence-corrected chi connectivity index (χ3v) is 5.63. The normalized spacial score (nSPS) is 18.7. The van der Waals surface area contributed by atoms with Crippen LogP contribution in [0, 0.1) is 0 Å². The third kappa shape index (κ3) is 3.05. The van der Waals surface area contributed by atoms with Crippen LogP contribution in [0.4, 0.5) is 5.82 Å². The zero-order valence-corrected chi connectivity index (χ0v) is 16.4. The minimum absolute atomic E-state index is 0.211. The molecule has 2 aliphatic rings. The van der Waals surface area contributed by atoms with Gasteiger partial charge in [0.05, 0.1) is 25.5 Å². The SMILES string of the molecule is COc1cccc2c(N3N=C(c4ccc5c(c4)COB5O)CCC3C)ncnc12. The number of rotatable bonds is 3. The van der Waals surface area contributed by atoms with Gasteiger partial charge in [-0.15, -0.1) is 0 Å². The fourth-order valence-electron chi connectivity index (χ4n) is 4.01. The Labute approximate surface area is 169 Å². The van der Waals surface area contributed by atoms with Crippen LogP contribution in [0.25, 0.3) is 10.9 Å². The standard InChI is InChI=1S/C21H21BN4O3/c1-13-6-9-18(14-7-8-17-15(10-14)11-29-22(17)27)25-26(13)21-16-4-3-5-19(28-2)20(16)23-12-24-21/h3-5,7-8,10,12-13,27H,6,9,11H2,1-2H3. The van der Waals surface area contributed by atoms with Crippen molar-refractivity contribution in [3.8, 4) is 5.75 Å². The lowest BCUT2D eigenvalue weighted by Gasteiger charge is -2.31. The van der Waals surface area contributed by atoms with Gasteiger partial charge >= 0.3 is 7.12 Å². The molecule has 1 aromatic heterocycles. The van der Waals surface area contributed by atoms with Gasteiger partial charge in [0.2, 0.25) is 0 Å². The Balaban J connectivity index is 1.58. The maximum atomic E-state index is 9.87. The van der Waals surface area contributed by atoms with Gasteiger partial charge in [-0.3, -0.25) is 0 Å². The first-order valence-electron chi connectivity index (χ1n) is 9.73. The molecule has 0 saturated heterocycles. The first-order valence-corrected chi connectivity index (χ1v) is 9.73. The molecule has 0 spiro atoms. The topological polar surface area (TPSA) is 80.1 Å². The Morgan fingerprint density at radius 2 is 2.14 bits per heavy atom. The van der Waals surface area contributed by atoms with Gasteiger partial charge < -0.3 is 14.4 Å². The number of fused-ring (bicyclic) bond motifs is 2. The highest BCUT2D eigenvalue weighted by atomic mass is 16.5. The van der Waals surface area contributed by atoms with E-state index in [1.807, 2.05) is 35.3 Å². The minimum Gasteiger partial charge on any atom is -0.494 e. The third-order valence-electron chi connectivity index (χ3n) is 5.63. The summed E-state index contributed by atoms with van der Waals surface area (Å²) in [6.45, 7) is 2.58. The van der Waals surface area contributed by atoms with Crippen molar-refractivity contribution in [1.29, 1.82) is 0 Å². The summed E-state index contributed by atoms with van der Waals surface area (Å²) >= 11 is 0. The molecule has 3 heterocycles. The minimum atomic E-state index is -0.828. The van der Waals surface area contributed by atoms with Crippen LogP contribution in [0.1, 0.15) is 30.9 Å². The molecule has 0 saturated carbocycles. The monoisotopic (exact) mass is 388 g/mol. The Morgan fingerprint density at radius 3 is 3.00 bits per heavy atom. The van der Waals surface area contributed by atoms with Crippen molar-refractivity contribution in [3.05, 3.63) is 53.9 Å². The molecule has 0 aliphatic carbocycles. The first kappa shape index (κ1) is 18.1. The van der Waals surface area contributed by atoms with E-state index >= 15 is 0 Å². The Hall–Kier alpha value is -2.97. The van der Waals surface area contributed by atoms with Crippen LogP contribution < -0.4 is 15.2 Å². The van der Waals surface area contributed by atoms with Gasteiger partial charge in [-0.1, -0.05) is 18.2 Å². The predicted molar refractivity (Wildman–Crippen MR) is 113 cm³/mol. The zero-order valence-electron chi connectivity index (χ0n) is 16.4. The summed E-state index contributed by atoms with van der Waals surface area (Å²) in [6, 6.07) is 12.1. The van der Waals surface area contributed by atoms with Crippen molar-refractivity contribution >= 4 is 35.0 Å². The van der Waals surface area contributed by atoms with Crippen molar-refractivity contribution in [3.63, 3.8) is 0 Å². The summed E-state index contributed by atoms with van der Waals surface area (Å²) in [5.74, 6) is 1.50. The molecule has 1 atom stereocenters. The Kier molecular flexibility index (Phi) is 4.45. The van der Waals surface area contributed by atoms with Gasteiger partial charge in [-0.2, -0.15) is 5.10 Å². The number of anilines is 1. The summed E-state index contributed by atoms with van der Waals surface area (Å²) in [7, 11) is 0.816. The van der Waals surface area contributed by atoms with E-state index in [9.17, 15) is 5.02 Å². The summed E-state index contributed by atoms with van der Waals surface area (Å²) in [5.41, 5.74) is 4.68. The average molecular weight is 388 g/mol. The fraction of sp³-hybridized carbons (Fsp3) is 0.286. The molecule has 3 aromatic rings. The van der Waals surface area contributed by atoms with E-state index in [1.165, 1.54) is 0 Å². The number of para-hydroxylation sites is 1. The quantitative estimate of drug-likeness (QED) is 0.694. The molecule has 0 amide bonds. The van der Waals surface area contributed by atoms with Crippen molar-refractivity contribution in [2.75, 3.05) is 12.1 Å². The second kappa shape index (κ2) is 7.13. The van der Waals surface area contributed by atoms with Crippen LogP contribution in [0.3, 0.4) is 0 Å². The molecule has 1 unspecified atom stereocenters. The number of aromatic nitrogens is 2. The predicted octanol–water partition coefficient (Wildman–Crippen LogP) is 2.25. The number of nitrogens with zero attached hydrogens (tertiary/aromatic N) is 4. The Bertz CT molecular complexity index is 1120. The van der Waals surface area contributed by atoms with Crippen LogP contribution in [-0.2, 0) is 11.3 Å². The molecule has 2 aliphatic heterocycles. The molecule has 0 bridgehead atoms. The number of hydrazone groups is 1. The van der Waals surface area contributed by atoms with E-state index in [-0.39, 0.29) is 6.04 Å². The molecule has 8 heteroatoms. The molecular weight excluding hydrogens is 367 g/mol. The molecule has 2 aromatic carbocycles. The highest BCUT2D eigenvalue weighted by Gasteiger charge is 2.29. The van der Waals surface area contributed by atoms with E-state index < -0.39 is 7.12 Å². The van der Waals surface area contributed by atoms with Gasteiger partial charge in [0, 0.05) is 5.39 Å². The summed E-state index contributed by atoms with van der Waals surface area (Å²) in [4.78, 5) is 8.96. The fourth-order valence-corrected chi connectivity index (χ4v) is 4.01. The van der Waals surface area contributed by atoms with Crippen LogP contribution in [0.5, 0.6) is 5.75 Å². The van der Waals surface area contributed by atoms with E-state index in [0.29, 0.717) is 6.61 Å². The molecular formula is C21H21BN4O3. The largest absolute Gasteiger partial charge is 0.494 e. The second-order valence-corrected chi connectivity index (χ2v) is 7.41. The Morgan fingerprint density at radius 1 is 1.24 bits per heavy atom. The van der Waals surface area contributed by atoms with E-state index in [1.54, 1.807) is 13.4 Å². The van der Waals surface area contributed by atoms with Crippen molar-refractivity contribution in [2.24, 2.45) is 5.10 Å². The van der Waals surface area contributed by atoms with Crippen molar-refractivity contribution in [1.82, 2.24) is 9.97 Å². The summed E-state index contributed by atoms with van der Waals surface area (Å²) < 4.78 is 10.8. The van der Waals surface area contributed by atoms with Gasteiger partial charge in [0.1, 0.15) is 17.6 Å². The van der Waals surface area contributed by atoms with Crippen molar-refractivity contribution < 1.29 is 14.4 Å². The lowest BCUT2D eigenvalue weighted by Crippen LogP contribution is -2.35. The van der Waals surface area contributed by atoms with Gasteiger partial charge in [-0.05, 0) is 54.6 Å². The molecule has 29 heavy (non-hydrogen) atoms. The number of benzene rings is 2. The molecule has 1 N–H and O–H groups in total. The number of hydrogen-bond acceptors (Lipinski definition) is 7. The summed E-state index contributed by atoms with van der Waals surface area (Å²) in [5, 5.41) is 17.7. The lowest BCUT2D eigenvalue weighted by atomic mass is 9.79. The van der Waals surface area contributed by atoms with Crippen LogP contribution in [0.15, 0.2) is 47.8 Å². The van der Waals surface area contributed by atoms with Crippen LogP contribution in [-0.4, -0.2) is 41.0 Å².